The maximum absolute atomic E-state index is 13.5. The van der Waals surface area contributed by atoms with Crippen LogP contribution in [0.1, 0.15) is 16.1 Å². The Morgan fingerprint density at radius 2 is 2.00 bits per heavy atom. The quantitative estimate of drug-likeness (QED) is 0.490. The highest BCUT2D eigenvalue weighted by molar-refractivity contribution is 9.10. The topological polar surface area (TPSA) is 39.4 Å². The molecule has 1 aromatic heterocycles. The van der Waals surface area contributed by atoms with E-state index >= 15 is 0 Å². The van der Waals surface area contributed by atoms with Gasteiger partial charge in [-0.3, -0.25) is 0 Å². The molecule has 0 bridgehead atoms. The highest BCUT2D eigenvalue weighted by Gasteiger charge is 2.20. The predicted molar refractivity (Wildman–Crippen MR) is 80.0 cm³/mol. The normalized spacial score (nSPS) is 10.8. The van der Waals surface area contributed by atoms with Crippen molar-refractivity contribution in [1.29, 1.82) is 0 Å². The Hall–Kier alpha value is -2.14. The van der Waals surface area contributed by atoms with Gasteiger partial charge in [-0.2, -0.15) is 0 Å². The predicted octanol–water partition coefficient (Wildman–Crippen LogP) is 4.86. The van der Waals surface area contributed by atoms with Crippen molar-refractivity contribution in [3.8, 4) is 5.75 Å². The molecule has 1 heterocycles. The lowest BCUT2D eigenvalue weighted by molar-refractivity contribution is 0.0696. The number of hydrogen-bond donors (Lipinski definition) is 0. The number of halogens is 2. The molecule has 0 N–H and O–H groups in total. The van der Waals surface area contributed by atoms with Crippen LogP contribution in [0.25, 0.3) is 11.0 Å². The van der Waals surface area contributed by atoms with Gasteiger partial charge < -0.3 is 9.15 Å². The first-order valence-electron chi connectivity index (χ1n) is 6.21. The van der Waals surface area contributed by atoms with Crippen LogP contribution in [0.3, 0.4) is 0 Å². The zero-order chi connectivity index (χ0) is 15.0. The van der Waals surface area contributed by atoms with E-state index in [4.69, 9.17) is 9.15 Å². The van der Waals surface area contributed by atoms with Gasteiger partial charge in [-0.1, -0.05) is 28.1 Å². The van der Waals surface area contributed by atoms with Crippen molar-refractivity contribution in [2.24, 2.45) is 0 Å². The maximum Gasteiger partial charge on any atom is 0.380 e. The highest BCUT2D eigenvalue weighted by atomic mass is 79.9. The number of furan rings is 1. The first kappa shape index (κ1) is 13.8. The molecular weight excluding hydrogens is 339 g/mol. The lowest BCUT2D eigenvalue weighted by atomic mass is 10.1. The summed E-state index contributed by atoms with van der Waals surface area (Å²) in [6.07, 6.45) is 0. The van der Waals surface area contributed by atoms with Crippen LogP contribution >= 0.6 is 15.9 Å². The molecule has 3 rings (SSSR count). The largest absolute Gasteiger partial charge is 0.449 e. The molecule has 0 aliphatic rings. The van der Waals surface area contributed by atoms with E-state index in [0.29, 0.717) is 11.1 Å². The van der Waals surface area contributed by atoms with Gasteiger partial charge in [0, 0.05) is 15.4 Å². The molecule has 0 radical (unpaired) electrons. The molecule has 0 aliphatic heterocycles. The summed E-state index contributed by atoms with van der Waals surface area (Å²) in [6.45, 7) is 1.76. The molecule has 5 heteroatoms. The van der Waals surface area contributed by atoms with Gasteiger partial charge in [0.2, 0.25) is 5.76 Å². The fraction of sp³-hybridized carbons (Fsp3) is 0.0625. The van der Waals surface area contributed by atoms with Gasteiger partial charge in [-0.25, -0.2) is 9.18 Å². The molecule has 0 aliphatic carbocycles. The number of carbonyl (C=O) groups is 1. The van der Waals surface area contributed by atoms with E-state index < -0.39 is 11.8 Å². The van der Waals surface area contributed by atoms with E-state index in [1.807, 2.05) is 12.1 Å². The minimum atomic E-state index is -0.718. The summed E-state index contributed by atoms with van der Waals surface area (Å²) in [5.74, 6) is -1.36. The summed E-state index contributed by atoms with van der Waals surface area (Å²) < 4.78 is 25.0. The summed E-state index contributed by atoms with van der Waals surface area (Å²) in [4.78, 5) is 12.1. The average Bonchev–Trinajstić information content (AvgIpc) is 2.79. The Balaban J connectivity index is 1.99. The van der Waals surface area contributed by atoms with E-state index in [0.717, 1.165) is 9.86 Å². The number of benzene rings is 2. The molecular formula is C16H10BrFO3. The maximum atomic E-state index is 13.5. The van der Waals surface area contributed by atoms with Crippen molar-refractivity contribution in [2.45, 2.75) is 6.92 Å². The third-order valence-corrected chi connectivity index (χ3v) is 3.62. The lowest BCUT2D eigenvalue weighted by Gasteiger charge is -2.03. The average molecular weight is 349 g/mol. The standard InChI is InChI=1S/C16H10BrFO3/c1-9-11-8-10(17)6-7-13(11)20-15(9)16(19)21-14-5-3-2-4-12(14)18/h2-8H,1H3. The van der Waals surface area contributed by atoms with Crippen LogP contribution in [0.15, 0.2) is 51.4 Å². The van der Waals surface area contributed by atoms with Crippen LogP contribution in [0.2, 0.25) is 0 Å². The van der Waals surface area contributed by atoms with Gasteiger partial charge in [0.1, 0.15) is 5.58 Å². The van der Waals surface area contributed by atoms with Crippen LogP contribution in [0.4, 0.5) is 4.39 Å². The molecule has 0 amide bonds. The van der Waals surface area contributed by atoms with Gasteiger partial charge in [0.15, 0.2) is 11.6 Å². The van der Waals surface area contributed by atoms with Gasteiger partial charge in [0.25, 0.3) is 0 Å². The first-order valence-corrected chi connectivity index (χ1v) is 7.01. The molecule has 0 fully saturated rings. The van der Waals surface area contributed by atoms with Crippen LogP contribution in [0.5, 0.6) is 5.75 Å². The minimum absolute atomic E-state index is 0.0753. The number of esters is 1. The lowest BCUT2D eigenvalue weighted by Crippen LogP contribution is -2.09. The molecule has 0 saturated carbocycles. The first-order chi connectivity index (χ1) is 10.1. The molecule has 3 aromatic rings. The molecule has 106 valence electrons. The Bertz CT molecular complexity index is 839. The Labute approximate surface area is 128 Å². The Morgan fingerprint density at radius 1 is 1.24 bits per heavy atom. The number of aryl methyl sites for hydroxylation is 1. The van der Waals surface area contributed by atoms with E-state index in [1.54, 1.807) is 19.1 Å². The van der Waals surface area contributed by atoms with E-state index in [9.17, 15) is 9.18 Å². The third-order valence-electron chi connectivity index (χ3n) is 3.12. The van der Waals surface area contributed by atoms with E-state index in [2.05, 4.69) is 15.9 Å². The van der Waals surface area contributed by atoms with Crippen LogP contribution in [-0.4, -0.2) is 5.97 Å². The van der Waals surface area contributed by atoms with Crippen LogP contribution in [-0.2, 0) is 0 Å². The number of rotatable bonds is 2. The summed E-state index contributed by atoms with van der Waals surface area (Å²) in [7, 11) is 0. The third kappa shape index (κ3) is 2.56. The second-order valence-electron chi connectivity index (χ2n) is 4.52. The fourth-order valence-corrected chi connectivity index (χ4v) is 2.42. The van der Waals surface area contributed by atoms with Crippen LogP contribution < -0.4 is 4.74 Å². The van der Waals surface area contributed by atoms with Crippen molar-refractivity contribution in [3.05, 3.63) is 64.1 Å². The van der Waals surface area contributed by atoms with Gasteiger partial charge in [-0.15, -0.1) is 0 Å². The van der Waals surface area contributed by atoms with Crippen LogP contribution in [0, 0.1) is 12.7 Å². The summed E-state index contributed by atoms with van der Waals surface area (Å²) in [5.41, 5.74) is 1.24. The summed E-state index contributed by atoms with van der Waals surface area (Å²) >= 11 is 3.37. The summed E-state index contributed by atoms with van der Waals surface area (Å²) in [5, 5.41) is 0.810. The number of fused-ring (bicyclic) bond motifs is 1. The molecule has 2 aromatic carbocycles. The van der Waals surface area contributed by atoms with Crippen molar-refractivity contribution in [2.75, 3.05) is 0 Å². The molecule has 3 nitrogen and oxygen atoms in total. The zero-order valence-electron chi connectivity index (χ0n) is 11.0. The van der Waals surface area contributed by atoms with Crippen molar-refractivity contribution < 1.29 is 18.3 Å². The van der Waals surface area contributed by atoms with Crippen molar-refractivity contribution in [1.82, 2.24) is 0 Å². The van der Waals surface area contributed by atoms with Gasteiger partial charge in [0.05, 0.1) is 0 Å². The monoisotopic (exact) mass is 348 g/mol. The molecule has 0 spiro atoms. The van der Waals surface area contributed by atoms with Gasteiger partial charge >= 0.3 is 5.97 Å². The number of hydrogen-bond acceptors (Lipinski definition) is 3. The Kier molecular flexibility index (Phi) is 3.51. The van der Waals surface area contributed by atoms with Crippen molar-refractivity contribution >= 4 is 32.9 Å². The fourth-order valence-electron chi connectivity index (χ4n) is 2.06. The van der Waals surface area contributed by atoms with Gasteiger partial charge in [-0.05, 0) is 37.3 Å². The molecule has 0 atom stereocenters. The second kappa shape index (κ2) is 5.33. The summed E-state index contributed by atoms with van der Waals surface area (Å²) in [6, 6.07) is 11.2. The van der Waals surface area contributed by atoms with E-state index in [-0.39, 0.29) is 11.5 Å². The minimum Gasteiger partial charge on any atom is -0.449 e. The zero-order valence-corrected chi connectivity index (χ0v) is 12.6. The number of ether oxygens (including phenoxy) is 1. The highest BCUT2D eigenvalue weighted by Crippen LogP contribution is 2.29. The molecule has 21 heavy (non-hydrogen) atoms. The number of carbonyl (C=O) groups excluding carboxylic acids is 1. The van der Waals surface area contributed by atoms with Crippen molar-refractivity contribution in [3.63, 3.8) is 0 Å². The molecule has 0 saturated heterocycles. The molecule has 0 unspecified atom stereocenters. The second-order valence-corrected chi connectivity index (χ2v) is 5.43. The number of para-hydroxylation sites is 1. The van der Waals surface area contributed by atoms with E-state index in [1.165, 1.54) is 18.2 Å². The SMILES string of the molecule is Cc1c(C(=O)Oc2ccccc2F)oc2ccc(Br)cc12. The Morgan fingerprint density at radius 3 is 2.76 bits per heavy atom. The smallest absolute Gasteiger partial charge is 0.380 e.